The highest BCUT2D eigenvalue weighted by Crippen LogP contribution is 2.29. The standard InChI is InChI=1S/C22H19ClN2O2/c1-16(18-10-7-11-19(23)14-18)24-25-22(26)15-27-21-13-6-5-12-20(21)17-8-3-2-4-9-17/h2-14H,15H2,1H3,(H,25,26)/b24-16+. The highest BCUT2D eigenvalue weighted by atomic mass is 35.5. The number of benzene rings is 3. The molecule has 1 N–H and O–H groups in total. The summed E-state index contributed by atoms with van der Waals surface area (Å²) in [7, 11) is 0. The van der Waals surface area contributed by atoms with Crippen LogP contribution < -0.4 is 10.2 Å². The van der Waals surface area contributed by atoms with E-state index in [2.05, 4.69) is 10.5 Å². The second kappa shape index (κ2) is 9.01. The Bertz CT molecular complexity index is 955. The summed E-state index contributed by atoms with van der Waals surface area (Å²) in [5.41, 5.74) is 5.98. The molecular formula is C22H19ClN2O2. The summed E-state index contributed by atoms with van der Waals surface area (Å²) in [6, 6.07) is 24.8. The third kappa shape index (κ3) is 5.19. The van der Waals surface area contributed by atoms with Crippen molar-refractivity contribution in [1.82, 2.24) is 5.43 Å². The van der Waals surface area contributed by atoms with Gasteiger partial charge in [0.05, 0.1) is 5.71 Å². The van der Waals surface area contributed by atoms with Gasteiger partial charge in [-0.25, -0.2) is 5.43 Å². The van der Waals surface area contributed by atoms with E-state index in [1.807, 2.05) is 66.7 Å². The highest BCUT2D eigenvalue weighted by molar-refractivity contribution is 6.31. The average molecular weight is 379 g/mol. The fraction of sp³-hybridized carbons (Fsp3) is 0.0909. The van der Waals surface area contributed by atoms with E-state index in [4.69, 9.17) is 16.3 Å². The molecule has 0 saturated heterocycles. The molecule has 0 bridgehead atoms. The van der Waals surface area contributed by atoms with Gasteiger partial charge in [-0.15, -0.1) is 0 Å². The molecule has 1 amide bonds. The zero-order chi connectivity index (χ0) is 19.1. The lowest BCUT2D eigenvalue weighted by molar-refractivity contribution is -0.123. The third-order valence-corrected chi connectivity index (χ3v) is 4.16. The van der Waals surface area contributed by atoms with Gasteiger partial charge in [0.2, 0.25) is 0 Å². The van der Waals surface area contributed by atoms with Gasteiger partial charge in [0.1, 0.15) is 5.75 Å². The van der Waals surface area contributed by atoms with Crippen LogP contribution >= 0.6 is 11.6 Å². The number of amides is 1. The van der Waals surface area contributed by atoms with Crippen molar-refractivity contribution in [3.05, 3.63) is 89.4 Å². The number of hydrazone groups is 1. The number of para-hydroxylation sites is 1. The Morgan fingerprint density at radius 2 is 1.74 bits per heavy atom. The van der Waals surface area contributed by atoms with Gasteiger partial charge in [-0.1, -0.05) is 72.3 Å². The first-order chi connectivity index (χ1) is 13.1. The van der Waals surface area contributed by atoms with Gasteiger partial charge in [0.15, 0.2) is 6.61 Å². The molecule has 0 heterocycles. The number of hydrogen-bond acceptors (Lipinski definition) is 3. The summed E-state index contributed by atoms with van der Waals surface area (Å²) in [6.07, 6.45) is 0. The zero-order valence-electron chi connectivity index (χ0n) is 14.9. The Balaban J connectivity index is 1.63. The van der Waals surface area contributed by atoms with Gasteiger partial charge in [-0.05, 0) is 36.2 Å². The molecule has 3 aromatic carbocycles. The lowest BCUT2D eigenvalue weighted by Gasteiger charge is -2.11. The largest absolute Gasteiger partial charge is 0.483 e. The van der Waals surface area contributed by atoms with Gasteiger partial charge in [-0.2, -0.15) is 5.10 Å². The van der Waals surface area contributed by atoms with E-state index in [1.54, 1.807) is 19.1 Å². The van der Waals surface area contributed by atoms with E-state index in [-0.39, 0.29) is 12.5 Å². The predicted octanol–water partition coefficient (Wildman–Crippen LogP) is 4.93. The van der Waals surface area contributed by atoms with Crippen LogP contribution in [-0.2, 0) is 4.79 Å². The van der Waals surface area contributed by atoms with E-state index in [1.165, 1.54) is 0 Å². The molecule has 0 aliphatic heterocycles. The Labute approximate surface area is 163 Å². The van der Waals surface area contributed by atoms with Gasteiger partial charge >= 0.3 is 0 Å². The summed E-state index contributed by atoms with van der Waals surface area (Å²) in [4.78, 5) is 12.1. The van der Waals surface area contributed by atoms with Crippen molar-refractivity contribution in [2.75, 3.05) is 6.61 Å². The number of hydrogen-bond donors (Lipinski definition) is 1. The minimum absolute atomic E-state index is 0.129. The summed E-state index contributed by atoms with van der Waals surface area (Å²) in [6.45, 7) is 1.67. The fourth-order valence-corrected chi connectivity index (χ4v) is 2.74. The summed E-state index contributed by atoms with van der Waals surface area (Å²) < 4.78 is 5.71. The minimum Gasteiger partial charge on any atom is -0.483 e. The third-order valence-electron chi connectivity index (χ3n) is 3.92. The number of carbonyl (C=O) groups excluding carboxylic acids is 1. The molecule has 0 aromatic heterocycles. The molecule has 3 rings (SSSR count). The minimum atomic E-state index is -0.334. The number of carbonyl (C=O) groups is 1. The quantitative estimate of drug-likeness (QED) is 0.488. The number of rotatable bonds is 6. The lowest BCUT2D eigenvalue weighted by atomic mass is 10.1. The first kappa shape index (κ1) is 18.7. The first-order valence-electron chi connectivity index (χ1n) is 8.50. The van der Waals surface area contributed by atoms with Gasteiger partial charge in [0, 0.05) is 10.6 Å². The molecule has 0 atom stereocenters. The maximum absolute atomic E-state index is 12.1. The van der Waals surface area contributed by atoms with Crippen LogP contribution in [0.2, 0.25) is 5.02 Å². The number of ether oxygens (including phenoxy) is 1. The summed E-state index contributed by atoms with van der Waals surface area (Å²) in [5, 5.41) is 4.73. The average Bonchev–Trinajstić information content (AvgIpc) is 2.71. The molecule has 4 nitrogen and oxygen atoms in total. The van der Waals surface area contributed by atoms with Crippen molar-refractivity contribution in [2.24, 2.45) is 5.10 Å². The van der Waals surface area contributed by atoms with Crippen LogP contribution in [0.25, 0.3) is 11.1 Å². The molecule has 0 spiro atoms. The van der Waals surface area contributed by atoms with Crippen LogP contribution in [0.1, 0.15) is 12.5 Å². The molecule has 3 aromatic rings. The molecule has 0 aliphatic carbocycles. The smallest absolute Gasteiger partial charge is 0.277 e. The number of halogens is 1. The van der Waals surface area contributed by atoms with Crippen molar-refractivity contribution in [2.45, 2.75) is 6.92 Å². The molecular weight excluding hydrogens is 360 g/mol. The van der Waals surface area contributed by atoms with E-state index >= 15 is 0 Å². The second-order valence-corrected chi connectivity index (χ2v) is 6.33. The number of nitrogens with one attached hydrogen (secondary N) is 1. The number of nitrogens with zero attached hydrogens (tertiary/aromatic N) is 1. The van der Waals surface area contributed by atoms with Crippen LogP contribution in [0.3, 0.4) is 0 Å². The Kier molecular flexibility index (Phi) is 6.23. The molecule has 0 radical (unpaired) electrons. The molecule has 136 valence electrons. The Morgan fingerprint density at radius 3 is 2.52 bits per heavy atom. The Hall–Kier alpha value is -3.11. The molecule has 0 aliphatic rings. The van der Waals surface area contributed by atoms with Crippen molar-refractivity contribution >= 4 is 23.2 Å². The molecule has 27 heavy (non-hydrogen) atoms. The van der Waals surface area contributed by atoms with Crippen molar-refractivity contribution in [3.8, 4) is 16.9 Å². The Morgan fingerprint density at radius 1 is 1.00 bits per heavy atom. The maximum atomic E-state index is 12.1. The van der Waals surface area contributed by atoms with E-state index in [0.29, 0.717) is 16.5 Å². The fourth-order valence-electron chi connectivity index (χ4n) is 2.55. The molecule has 5 heteroatoms. The van der Waals surface area contributed by atoms with Crippen molar-refractivity contribution in [3.63, 3.8) is 0 Å². The van der Waals surface area contributed by atoms with Gasteiger partial charge < -0.3 is 4.74 Å². The monoisotopic (exact) mass is 378 g/mol. The van der Waals surface area contributed by atoms with E-state index in [9.17, 15) is 4.79 Å². The highest BCUT2D eigenvalue weighted by Gasteiger charge is 2.08. The summed E-state index contributed by atoms with van der Waals surface area (Å²) >= 11 is 5.97. The SMILES string of the molecule is C/C(=N\NC(=O)COc1ccccc1-c1ccccc1)c1cccc(Cl)c1. The van der Waals surface area contributed by atoms with Gasteiger partial charge in [0.25, 0.3) is 5.91 Å². The predicted molar refractivity (Wildman–Crippen MR) is 109 cm³/mol. The van der Waals surface area contributed by atoms with Crippen LogP contribution in [0.5, 0.6) is 5.75 Å². The van der Waals surface area contributed by atoms with Crippen molar-refractivity contribution in [1.29, 1.82) is 0 Å². The first-order valence-corrected chi connectivity index (χ1v) is 8.87. The lowest BCUT2D eigenvalue weighted by Crippen LogP contribution is -2.25. The van der Waals surface area contributed by atoms with E-state index < -0.39 is 0 Å². The second-order valence-electron chi connectivity index (χ2n) is 5.89. The molecule has 0 saturated carbocycles. The topological polar surface area (TPSA) is 50.7 Å². The molecule has 0 unspecified atom stereocenters. The van der Waals surface area contributed by atoms with Crippen LogP contribution in [0.4, 0.5) is 0 Å². The van der Waals surface area contributed by atoms with Crippen LogP contribution in [0.15, 0.2) is 84.0 Å². The normalized spacial score (nSPS) is 11.1. The maximum Gasteiger partial charge on any atom is 0.277 e. The zero-order valence-corrected chi connectivity index (χ0v) is 15.6. The van der Waals surface area contributed by atoms with Gasteiger partial charge in [-0.3, -0.25) is 4.79 Å². The molecule has 0 fully saturated rings. The van der Waals surface area contributed by atoms with Crippen LogP contribution in [0, 0.1) is 0 Å². The van der Waals surface area contributed by atoms with Crippen molar-refractivity contribution < 1.29 is 9.53 Å². The van der Waals surface area contributed by atoms with E-state index in [0.717, 1.165) is 16.7 Å². The van der Waals surface area contributed by atoms with Crippen LogP contribution in [-0.4, -0.2) is 18.2 Å². The summed E-state index contributed by atoms with van der Waals surface area (Å²) in [5.74, 6) is 0.314.